The molecule has 1 saturated carbocycles. The topological polar surface area (TPSA) is 50.4 Å². The molecule has 28 heavy (non-hydrogen) atoms. The van der Waals surface area contributed by atoms with Crippen LogP contribution in [0.5, 0.6) is 5.75 Å². The number of hydrogen-bond acceptors (Lipinski definition) is 3. The molecule has 1 amide bonds. The number of ether oxygens (including phenoxy) is 1. The molecule has 3 unspecified atom stereocenters. The summed E-state index contributed by atoms with van der Waals surface area (Å²) in [6.45, 7) is 4.22. The number of allylic oxidation sites excluding steroid dienone is 4. The van der Waals surface area contributed by atoms with Crippen LogP contribution in [0.3, 0.4) is 0 Å². The van der Waals surface area contributed by atoms with Gasteiger partial charge in [-0.2, -0.15) is 0 Å². The summed E-state index contributed by atoms with van der Waals surface area (Å²) in [5, 5.41) is 6.94. The van der Waals surface area contributed by atoms with Crippen molar-refractivity contribution in [3.05, 3.63) is 46.5 Å². The van der Waals surface area contributed by atoms with Crippen molar-refractivity contribution in [3.63, 3.8) is 0 Å². The molecule has 0 aromatic heterocycles. The average molecular weight is 399 g/mol. The van der Waals surface area contributed by atoms with Crippen molar-refractivity contribution in [1.82, 2.24) is 5.32 Å². The van der Waals surface area contributed by atoms with Crippen molar-refractivity contribution in [2.24, 2.45) is 17.3 Å². The van der Waals surface area contributed by atoms with Crippen LogP contribution < -0.4 is 15.4 Å². The quantitative estimate of drug-likeness (QED) is 0.706. The Kier molecular flexibility index (Phi) is 4.52. The van der Waals surface area contributed by atoms with E-state index >= 15 is 0 Å². The number of piperidine rings is 1. The molecule has 0 radical (unpaired) electrons. The molecule has 3 aliphatic carbocycles. The molecule has 0 spiro atoms. The van der Waals surface area contributed by atoms with Crippen LogP contribution in [-0.4, -0.2) is 25.1 Å². The zero-order valence-electron chi connectivity index (χ0n) is 16.3. The monoisotopic (exact) mass is 398 g/mol. The van der Waals surface area contributed by atoms with Crippen molar-refractivity contribution in [3.8, 4) is 5.75 Å². The lowest BCUT2D eigenvalue weighted by molar-refractivity contribution is -0.119. The minimum absolute atomic E-state index is 0.0247. The van der Waals surface area contributed by atoms with Gasteiger partial charge in [0.2, 0.25) is 5.91 Å². The third-order valence-corrected chi connectivity index (χ3v) is 7.02. The Bertz CT molecular complexity index is 871. The number of nitrogens with one attached hydrogen (secondary N) is 2. The predicted octanol–water partition coefficient (Wildman–Crippen LogP) is 4.71. The highest BCUT2D eigenvalue weighted by atomic mass is 35.5. The van der Waals surface area contributed by atoms with Gasteiger partial charge in [-0.15, -0.1) is 0 Å². The van der Waals surface area contributed by atoms with Gasteiger partial charge in [-0.3, -0.25) is 4.79 Å². The Morgan fingerprint density at radius 2 is 2.14 bits per heavy atom. The molecule has 3 atom stereocenters. The number of anilines is 1. The summed E-state index contributed by atoms with van der Waals surface area (Å²) in [7, 11) is 0. The van der Waals surface area contributed by atoms with Gasteiger partial charge in [0.05, 0.1) is 10.7 Å². The Balaban J connectivity index is 1.26. The molecule has 4 aliphatic rings. The molecular weight excluding hydrogens is 372 g/mol. The zero-order valence-corrected chi connectivity index (χ0v) is 17.0. The zero-order chi connectivity index (χ0) is 19.3. The van der Waals surface area contributed by atoms with Crippen LogP contribution in [-0.2, 0) is 4.79 Å². The molecule has 2 fully saturated rings. The third-order valence-electron chi connectivity index (χ3n) is 6.69. The fourth-order valence-corrected chi connectivity index (χ4v) is 5.79. The summed E-state index contributed by atoms with van der Waals surface area (Å²) in [4.78, 5) is 12.9. The van der Waals surface area contributed by atoms with Gasteiger partial charge in [-0.05, 0) is 56.8 Å². The van der Waals surface area contributed by atoms with Crippen LogP contribution in [0.15, 0.2) is 41.5 Å². The van der Waals surface area contributed by atoms with E-state index in [1.54, 1.807) is 5.57 Å². The van der Waals surface area contributed by atoms with Crippen LogP contribution >= 0.6 is 11.6 Å². The summed E-state index contributed by atoms with van der Waals surface area (Å²) in [6, 6.07) is 5.55. The number of amides is 1. The number of halogens is 1. The van der Waals surface area contributed by atoms with Crippen LogP contribution in [0.4, 0.5) is 5.69 Å². The highest BCUT2D eigenvalue weighted by Gasteiger charge is 2.56. The molecule has 5 heteroatoms. The van der Waals surface area contributed by atoms with Crippen molar-refractivity contribution in [2.45, 2.75) is 45.1 Å². The Morgan fingerprint density at radius 3 is 2.93 bits per heavy atom. The second-order valence-electron chi connectivity index (χ2n) is 8.92. The second kappa shape index (κ2) is 6.93. The summed E-state index contributed by atoms with van der Waals surface area (Å²) in [5.41, 5.74) is 3.74. The standard InChI is InChI=1S/C23H27ClN2O2/c1-14-8-15-9-16-12-23(11-14,22(15)16)13-21(27)26-20-10-18(2-3-19(20)24)28-17-4-6-25-7-5-17/h2-3,8,10,12,14,17,22,25H,4-7,9,11,13H2,1H3,(H,26,27). The van der Waals surface area contributed by atoms with E-state index in [2.05, 4.69) is 29.7 Å². The first kappa shape index (κ1) is 18.3. The van der Waals surface area contributed by atoms with E-state index in [9.17, 15) is 4.79 Å². The fraction of sp³-hybridized carbons (Fsp3) is 0.522. The first-order valence-corrected chi connectivity index (χ1v) is 10.8. The van der Waals surface area contributed by atoms with Crippen LogP contribution in [0.2, 0.25) is 5.02 Å². The van der Waals surface area contributed by atoms with Gasteiger partial charge >= 0.3 is 0 Å². The number of hydrogen-bond donors (Lipinski definition) is 2. The molecule has 148 valence electrons. The number of carbonyl (C=O) groups excluding carboxylic acids is 1. The lowest BCUT2D eigenvalue weighted by Gasteiger charge is -2.59. The maximum absolute atomic E-state index is 12.9. The Labute approximate surface area is 171 Å². The Hall–Kier alpha value is -1.78. The Morgan fingerprint density at radius 1 is 1.32 bits per heavy atom. The minimum atomic E-state index is 0.0247. The van der Waals surface area contributed by atoms with Crippen molar-refractivity contribution < 1.29 is 9.53 Å². The van der Waals surface area contributed by atoms with E-state index in [1.807, 2.05) is 18.2 Å². The molecule has 5 rings (SSSR count). The predicted molar refractivity (Wildman–Crippen MR) is 112 cm³/mol. The van der Waals surface area contributed by atoms with Crippen LogP contribution in [0.1, 0.15) is 39.0 Å². The van der Waals surface area contributed by atoms with Crippen molar-refractivity contribution >= 4 is 23.2 Å². The van der Waals surface area contributed by atoms with Crippen LogP contribution in [0, 0.1) is 17.3 Å². The highest BCUT2D eigenvalue weighted by Crippen LogP contribution is 2.66. The molecule has 1 aromatic carbocycles. The van der Waals surface area contributed by atoms with E-state index in [1.165, 1.54) is 5.57 Å². The van der Waals surface area contributed by atoms with Gasteiger partial charge in [-0.25, -0.2) is 0 Å². The molecule has 0 bridgehead atoms. The van der Waals surface area contributed by atoms with E-state index in [4.69, 9.17) is 16.3 Å². The highest BCUT2D eigenvalue weighted by molar-refractivity contribution is 6.33. The van der Waals surface area contributed by atoms with E-state index in [0.29, 0.717) is 29.0 Å². The first-order chi connectivity index (χ1) is 13.5. The van der Waals surface area contributed by atoms with Crippen molar-refractivity contribution in [2.75, 3.05) is 18.4 Å². The smallest absolute Gasteiger partial charge is 0.225 e. The van der Waals surface area contributed by atoms with Gasteiger partial charge in [0.15, 0.2) is 0 Å². The summed E-state index contributed by atoms with van der Waals surface area (Å²) in [6.07, 6.45) is 9.70. The van der Waals surface area contributed by atoms with Gasteiger partial charge in [0.1, 0.15) is 11.9 Å². The SMILES string of the molecule is CC1C=C2CC3=CC(CC(=O)Nc4cc(OC5CCNCC5)ccc4Cl)(C1)C23. The normalized spacial score (nSPS) is 30.9. The number of rotatable bonds is 5. The summed E-state index contributed by atoms with van der Waals surface area (Å²) >= 11 is 6.36. The maximum atomic E-state index is 12.9. The molecule has 2 N–H and O–H groups in total. The molecular formula is C23H27ClN2O2. The lowest BCUT2D eigenvalue weighted by Crippen LogP contribution is -2.50. The summed E-state index contributed by atoms with van der Waals surface area (Å²) < 4.78 is 6.10. The fourth-order valence-electron chi connectivity index (χ4n) is 5.63. The first-order valence-electron chi connectivity index (χ1n) is 10.4. The van der Waals surface area contributed by atoms with E-state index in [-0.39, 0.29) is 17.4 Å². The summed E-state index contributed by atoms with van der Waals surface area (Å²) in [5.74, 6) is 1.88. The largest absolute Gasteiger partial charge is 0.490 e. The van der Waals surface area contributed by atoms with Crippen LogP contribution in [0.25, 0.3) is 0 Å². The van der Waals surface area contributed by atoms with E-state index < -0.39 is 0 Å². The molecule has 1 heterocycles. The van der Waals surface area contributed by atoms with Gasteiger partial charge < -0.3 is 15.4 Å². The average Bonchev–Trinajstić information content (AvgIpc) is 2.62. The molecule has 1 aromatic rings. The number of carbonyl (C=O) groups is 1. The third kappa shape index (κ3) is 3.17. The number of benzene rings is 1. The second-order valence-corrected chi connectivity index (χ2v) is 9.33. The minimum Gasteiger partial charge on any atom is -0.490 e. The van der Waals surface area contributed by atoms with Crippen molar-refractivity contribution in [1.29, 1.82) is 0 Å². The molecule has 4 nitrogen and oxygen atoms in total. The molecule has 1 saturated heterocycles. The van der Waals surface area contributed by atoms with E-state index in [0.717, 1.165) is 44.5 Å². The lowest BCUT2D eigenvalue weighted by atomic mass is 9.45. The maximum Gasteiger partial charge on any atom is 0.225 e. The van der Waals surface area contributed by atoms with Gasteiger partial charge in [0.25, 0.3) is 0 Å². The molecule has 1 aliphatic heterocycles. The van der Waals surface area contributed by atoms with Gasteiger partial charge in [0, 0.05) is 23.8 Å². The van der Waals surface area contributed by atoms with Gasteiger partial charge in [-0.1, -0.05) is 41.8 Å².